The molecule has 4 aliphatic rings. The van der Waals surface area contributed by atoms with Crippen LogP contribution in [0.3, 0.4) is 0 Å². The van der Waals surface area contributed by atoms with E-state index >= 15 is 0 Å². The number of carbonyl (C=O) groups excluding carboxylic acids is 2. The number of allylic oxidation sites excluding steroid dienone is 1. The zero-order chi connectivity index (χ0) is 19.3. The second kappa shape index (κ2) is 6.41. The first-order valence-corrected chi connectivity index (χ1v) is 8.93. The molecule has 1 N–H and O–H groups in total. The summed E-state index contributed by atoms with van der Waals surface area (Å²) in [6.45, 7) is 1.46. The van der Waals surface area contributed by atoms with Crippen LogP contribution in [0, 0.1) is 17.8 Å². The second-order valence-corrected chi connectivity index (χ2v) is 7.16. The minimum Gasteiger partial charge on any atom is -0.490 e. The molecule has 1 aliphatic heterocycles. The number of ketones is 2. The standard InChI is InChI=1S/C21H22O6/c1-11(22)13-9-15-14-10-16(18(23)12-7-5-4-6-8-12)27-19(14)17(13)21(25-2,26-3)20(15)24/h4-10,14-15,17-19,23H,1-3H3/t14-,15+,17-,18-,19-/m0/s1. The van der Waals surface area contributed by atoms with Crippen LogP contribution in [0.1, 0.15) is 18.6 Å². The molecule has 0 spiro atoms. The monoisotopic (exact) mass is 370 g/mol. The number of carbonyl (C=O) groups is 2. The number of benzene rings is 1. The van der Waals surface area contributed by atoms with Crippen molar-refractivity contribution in [1.82, 2.24) is 0 Å². The van der Waals surface area contributed by atoms with Gasteiger partial charge in [0, 0.05) is 25.7 Å². The number of hydrogen-bond acceptors (Lipinski definition) is 6. The molecule has 0 amide bonds. The van der Waals surface area contributed by atoms with Gasteiger partial charge >= 0.3 is 0 Å². The third-order valence-corrected chi connectivity index (χ3v) is 5.90. The first-order chi connectivity index (χ1) is 12.9. The van der Waals surface area contributed by atoms with Gasteiger partial charge in [-0.1, -0.05) is 36.4 Å². The molecule has 0 aromatic heterocycles. The highest BCUT2D eigenvalue weighted by molar-refractivity contribution is 6.02. The summed E-state index contributed by atoms with van der Waals surface area (Å²) in [5.74, 6) is -3.09. The molecule has 2 bridgehead atoms. The molecule has 5 atom stereocenters. The molecule has 1 fully saturated rings. The fraction of sp³-hybridized carbons (Fsp3) is 0.429. The van der Waals surface area contributed by atoms with Gasteiger partial charge in [0.15, 0.2) is 11.6 Å². The Labute approximate surface area is 157 Å². The highest BCUT2D eigenvalue weighted by Gasteiger charge is 2.66. The maximum absolute atomic E-state index is 13.1. The quantitative estimate of drug-likeness (QED) is 0.798. The van der Waals surface area contributed by atoms with E-state index in [0.717, 1.165) is 0 Å². The molecule has 1 saturated carbocycles. The summed E-state index contributed by atoms with van der Waals surface area (Å²) in [7, 11) is 2.80. The first kappa shape index (κ1) is 18.1. The highest BCUT2D eigenvalue weighted by atomic mass is 16.7. The van der Waals surface area contributed by atoms with Gasteiger partial charge in [-0.3, -0.25) is 9.59 Å². The predicted octanol–water partition coefficient (Wildman–Crippen LogP) is 1.95. The minimum absolute atomic E-state index is 0.143. The number of hydrogen-bond donors (Lipinski definition) is 1. The Hall–Kier alpha value is -2.28. The second-order valence-electron chi connectivity index (χ2n) is 7.16. The molecule has 6 nitrogen and oxygen atoms in total. The summed E-state index contributed by atoms with van der Waals surface area (Å²) in [6, 6.07) is 9.16. The van der Waals surface area contributed by atoms with Crippen molar-refractivity contribution in [3.8, 4) is 0 Å². The first-order valence-electron chi connectivity index (χ1n) is 8.93. The normalized spacial score (nSPS) is 31.6. The Bertz CT molecular complexity index is 835. The zero-order valence-corrected chi connectivity index (χ0v) is 15.4. The lowest BCUT2D eigenvalue weighted by atomic mass is 9.59. The van der Waals surface area contributed by atoms with Crippen LogP contribution < -0.4 is 0 Å². The lowest BCUT2D eigenvalue weighted by molar-refractivity contribution is -0.256. The van der Waals surface area contributed by atoms with Gasteiger partial charge in [-0.15, -0.1) is 0 Å². The molecule has 0 radical (unpaired) electrons. The molecule has 1 aromatic carbocycles. The fourth-order valence-electron chi connectivity index (χ4n) is 4.63. The van der Waals surface area contributed by atoms with E-state index in [1.54, 1.807) is 12.2 Å². The van der Waals surface area contributed by atoms with E-state index < -0.39 is 29.8 Å². The SMILES string of the molecule is COC1(OC)C(=O)[C@@H]2C=C(C(C)=O)[C@H]1[C@H]1OC([C@@H](O)c3ccccc3)=C[C@H]12. The van der Waals surface area contributed by atoms with Crippen molar-refractivity contribution in [2.45, 2.75) is 24.9 Å². The van der Waals surface area contributed by atoms with Crippen LogP contribution in [-0.4, -0.2) is 42.8 Å². The molecule has 6 heteroatoms. The number of aliphatic hydroxyl groups is 1. The summed E-state index contributed by atoms with van der Waals surface area (Å²) in [4.78, 5) is 25.3. The molecule has 0 unspecified atom stereocenters. The predicted molar refractivity (Wildman–Crippen MR) is 95.3 cm³/mol. The Kier molecular flexibility index (Phi) is 4.29. The van der Waals surface area contributed by atoms with E-state index in [1.807, 2.05) is 30.3 Å². The van der Waals surface area contributed by atoms with E-state index in [9.17, 15) is 14.7 Å². The summed E-state index contributed by atoms with van der Waals surface area (Å²) in [5.41, 5.74) is 1.18. The third-order valence-electron chi connectivity index (χ3n) is 5.90. The molecule has 142 valence electrons. The van der Waals surface area contributed by atoms with Crippen molar-refractivity contribution < 1.29 is 28.9 Å². The zero-order valence-electron chi connectivity index (χ0n) is 15.4. The molecule has 0 saturated heterocycles. The van der Waals surface area contributed by atoms with E-state index in [0.29, 0.717) is 16.9 Å². The lowest BCUT2D eigenvalue weighted by Gasteiger charge is -2.51. The summed E-state index contributed by atoms with van der Waals surface area (Å²) in [6.07, 6.45) is 2.07. The van der Waals surface area contributed by atoms with Gasteiger partial charge in [0.2, 0.25) is 5.79 Å². The van der Waals surface area contributed by atoms with Crippen molar-refractivity contribution in [3.63, 3.8) is 0 Å². The van der Waals surface area contributed by atoms with Crippen molar-refractivity contribution in [1.29, 1.82) is 0 Å². The maximum Gasteiger partial charge on any atom is 0.239 e. The van der Waals surface area contributed by atoms with Crippen molar-refractivity contribution >= 4 is 11.6 Å². The average Bonchev–Trinajstić information content (AvgIpc) is 3.14. The Morgan fingerprint density at radius 3 is 2.44 bits per heavy atom. The van der Waals surface area contributed by atoms with Gasteiger partial charge < -0.3 is 19.3 Å². The summed E-state index contributed by atoms with van der Waals surface area (Å²) >= 11 is 0. The van der Waals surface area contributed by atoms with Crippen LogP contribution in [0.15, 0.2) is 53.8 Å². The van der Waals surface area contributed by atoms with Crippen molar-refractivity contribution in [2.24, 2.45) is 17.8 Å². The highest BCUT2D eigenvalue weighted by Crippen LogP contribution is 2.55. The fourth-order valence-corrected chi connectivity index (χ4v) is 4.63. The van der Waals surface area contributed by atoms with Crippen molar-refractivity contribution in [2.75, 3.05) is 14.2 Å². The van der Waals surface area contributed by atoms with Gasteiger partial charge in [0.05, 0.1) is 11.8 Å². The molecule has 3 aliphatic carbocycles. The smallest absolute Gasteiger partial charge is 0.239 e. The van der Waals surface area contributed by atoms with Gasteiger partial charge in [-0.2, -0.15) is 0 Å². The number of aliphatic hydroxyl groups excluding tert-OH is 1. The molecule has 1 aromatic rings. The molecule has 1 heterocycles. The van der Waals surface area contributed by atoms with Gasteiger partial charge in [0.25, 0.3) is 0 Å². The minimum atomic E-state index is -1.55. The molecular weight excluding hydrogens is 348 g/mol. The molecule has 5 rings (SSSR count). The Balaban J connectivity index is 1.74. The van der Waals surface area contributed by atoms with Crippen LogP contribution in [0.5, 0.6) is 0 Å². The number of ether oxygens (including phenoxy) is 3. The van der Waals surface area contributed by atoms with E-state index in [1.165, 1.54) is 21.1 Å². The molecular formula is C21H22O6. The van der Waals surface area contributed by atoms with E-state index in [4.69, 9.17) is 14.2 Å². The number of Topliss-reactive ketones (excluding diaryl/α,β-unsaturated/α-hetero) is 2. The van der Waals surface area contributed by atoms with Crippen LogP contribution in [0.25, 0.3) is 0 Å². The molecule has 27 heavy (non-hydrogen) atoms. The van der Waals surface area contributed by atoms with Gasteiger partial charge in [-0.05, 0) is 18.6 Å². The van der Waals surface area contributed by atoms with Gasteiger partial charge in [-0.25, -0.2) is 0 Å². The topological polar surface area (TPSA) is 82.1 Å². The van der Waals surface area contributed by atoms with Crippen LogP contribution in [0.2, 0.25) is 0 Å². The summed E-state index contributed by atoms with van der Waals surface area (Å²) < 4.78 is 17.1. The Morgan fingerprint density at radius 1 is 1.19 bits per heavy atom. The Morgan fingerprint density at radius 2 is 1.85 bits per heavy atom. The van der Waals surface area contributed by atoms with Gasteiger partial charge in [0.1, 0.15) is 18.0 Å². The summed E-state index contributed by atoms with van der Waals surface area (Å²) in [5, 5.41) is 10.7. The number of methoxy groups -OCH3 is 2. The number of rotatable bonds is 5. The lowest BCUT2D eigenvalue weighted by Crippen LogP contribution is -2.66. The van der Waals surface area contributed by atoms with Crippen LogP contribution >= 0.6 is 0 Å². The van der Waals surface area contributed by atoms with E-state index in [2.05, 4.69) is 0 Å². The van der Waals surface area contributed by atoms with E-state index in [-0.39, 0.29) is 17.5 Å². The largest absolute Gasteiger partial charge is 0.490 e. The third kappa shape index (κ3) is 2.44. The maximum atomic E-state index is 13.1. The van der Waals surface area contributed by atoms with Crippen molar-refractivity contribution in [3.05, 3.63) is 59.4 Å². The average molecular weight is 370 g/mol. The number of fused-ring (bicyclic) bond motifs is 1. The van der Waals surface area contributed by atoms with Crippen LogP contribution in [-0.2, 0) is 23.8 Å². The van der Waals surface area contributed by atoms with Crippen LogP contribution in [0.4, 0.5) is 0 Å².